The molecule has 7 nitrogen and oxygen atoms in total. The molecule has 0 aliphatic heterocycles. The Morgan fingerprint density at radius 1 is 0.864 bits per heavy atom. The van der Waals surface area contributed by atoms with Crippen LogP contribution < -0.4 is 11.2 Å². The molecule has 0 aliphatic carbocycles. The zero-order chi connectivity index (χ0) is 15.7. The standard InChI is InChI=1S/C14H11N3O4S/c18-12-11(9-5-2-1-3-6-9)13(17-14(19)16-12)22(20,21)10-7-4-8-15-10/h1-8,15H,(H2,16,17,18,19). The molecule has 3 rings (SSSR count). The molecule has 0 unspecified atom stereocenters. The lowest BCUT2D eigenvalue weighted by molar-refractivity contribution is 0.588. The van der Waals surface area contributed by atoms with Crippen LogP contribution in [0.3, 0.4) is 0 Å². The number of H-pyrrole nitrogens is 3. The van der Waals surface area contributed by atoms with Crippen molar-refractivity contribution in [3.8, 4) is 11.1 Å². The first-order chi connectivity index (χ1) is 10.5. The molecule has 8 heteroatoms. The lowest BCUT2D eigenvalue weighted by Crippen LogP contribution is -2.27. The van der Waals surface area contributed by atoms with E-state index < -0.39 is 26.1 Å². The highest BCUT2D eigenvalue weighted by Gasteiger charge is 2.26. The molecule has 1 aromatic carbocycles. The van der Waals surface area contributed by atoms with Gasteiger partial charge in [-0.1, -0.05) is 30.3 Å². The van der Waals surface area contributed by atoms with Crippen molar-refractivity contribution >= 4 is 9.84 Å². The van der Waals surface area contributed by atoms with E-state index in [0.29, 0.717) is 5.56 Å². The van der Waals surface area contributed by atoms with Gasteiger partial charge in [0.1, 0.15) is 5.03 Å². The number of nitrogens with one attached hydrogen (secondary N) is 3. The highest BCUT2D eigenvalue weighted by molar-refractivity contribution is 7.91. The average Bonchev–Trinajstić information content (AvgIpc) is 3.02. The average molecular weight is 317 g/mol. The van der Waals surface area contributed by atoms with Crippen LogP contribution >= 0.6 is 0 Å². The summed E-state index contributed by atoms with van der Waals surface area (Å²) in [5.74, 6) is 0. The van der Waals surface area contributed by atoms with E-state index >= 15 is 0 Å². The van der Waals surface area contributed by atoms with Crippen molar-refractivity contribution in [1.82, 2.24) is 15.0 Å². The van der Waals surface area contributed by atoms with Crippen LogP contribution in [0.1, 0.15) is 0 Å². The molecule has 0 spiro atoms. The van der Waals surface area contributed by atoms with E-state index in [0.717, 1.165) is 0 Å². The Labute approximate surface area is 124 Å². The SMILES string of the molecule is O=c1[nH]c(S(=O)(=O)c2ccc[nH]2)c(-c2ccccc2)c(=O)[nH]1. The molecule has 0 saturated carbocycles. The Balaban J connectivity index is 2.38. The Hall–Kier alpha value is -2.87. The fraction of sp³-hybridized carbons (Fsp3) is 0. The minimum Gasteiger partial charge on any atom is -0.352 e. The van der Waals surface area contributed by atoms with Gasteiger partial charge in [0.2, 0.25) is 9.84 Å². The van der Waals surface area contributed by atoms with E-state index in [2.05, 4.69) is 15.0 Å². The van der Waals surface area contributed by atoms with Gasteiger partial charge in [0.15, 0.2) is 5.03 Å². The monoisotopic (exact) mass is 317 g/mol. The molecule has 0 atom stereocenters. The lowest BCUT2D eigenvalue weighted by atomic mass is 10.1. The first kappa shape index (κ1) is 14.1. The molecule has 3 aromatic rings. The third kappa shape index (κ3) is 2.29. The number of hydrogen-bond acceptors (Lipinski definition) is 4. The molecule has 0 fully saturated rings. The number of hydrogen-bond donors (Lipinski definition) is 3. The maximum Gasteiger partial charge on any atom is 0.326 e. The summed E-state index contributed by atoms with van der Waals surface area (Å²) in [6, 6.07) is 11.1. The highest BCUT2D eigenvalue weighted by Crippen LogP contribution is 2.25. The van der Waals surface area contributed by atoms with Gasteiger partial charge in [-0.15, -0.1) is 0 Å². The van der Waals surface area contributed by atoms with Crippen LogP contribution in [0.2, 0.25) is 0 Å². The van der Waals surface area contributed by atoms with Crippen molar-refractivity contribution in [1.29, 1.82) is 0 Å². The van der Waals surface area contributed by atoms with Crippen LogP contribution in [-0.4, -0.2) is 23.4 Å². The molecule has 0 amide bonds. The minimum atomic E-state index is -4.05. The number of aromatic nitrogens is 3. The molecule has 0 radical (unpaired) electrons. The first-order valence-electron chi connectivity index (χ1n) is 6.30. The van der Waals surface area contributed by atoms with Crippen molar-refractivity contribution < 1.29 is 8.42 Å². The van der Waals surface area contributed by atoms with E-state index in [9.17, 15) is 18.0 Å². The van der Waals surface area contributed by atoms with Gasteiger partial charge < -0.3 is 4.98 Å². The third-order valence-corrected chi connectivity index (χ3v) is 4.77. The largest absolute Gasteiger partial charge is 0.352 e. The summed E-state index contributed by atoms with van der Waals surface area (Å²) < 4.78 is 25.3. The summed E-state index contributed by atoms with van der Waals surface area (Å²) in [5.41, 5.74) is -1.35. The quantitative estimate of drug-likeness (QED) is 0.622. The number of sulfone groups is 1. The Bertz CT molecular complexity index is 1020. The third-order valence-electron chi connectivity index (χ3n) is 3.10. The summed E-state index contributed by atoms with van der Waals surface area (Å²) in [5, 5.41) is -0.541. The van der Waals surface area contributed by atoms with Gasteiger partial charge >= 0.3 is 5.69 Å². The zero-order valence-corrected chi connectivity index (χ0v) is 12.0. The van der Waals surface area contributed by atoms with E-state index in [1.807, 2.05) is 0 Å². The molecule has 22 heavy (non-hydrogen) atoms. The van der Waals surface area contributed by atoms with E-state index in [1.54, 1.807) is 30.3 Å². The summed E-state index contributed by atoms with van der Waals surface area (Å²) in [7, 11) is -4.05. The van der Waals surface area contributed by atoms with Crippen LogP contribution in [0.4, 0.5) is 0 Å². The topological polar surface area (TPSA) is 116 Å². The zero-order valence-electron chi connectivity index (χ0n) is 11.2. The second kappa shape index (κ2) is 5.15. The smallest absolute Gasteiger partial charge is 0.326 e. The van der Waals surface area contributed by atoms with Crippen molar-refractivity contribution in [3.05, 3.63) is 69.5 Å². The predicted octanol–water partition coefficient (Wildman–Crippen LogP) is 0.891. The maximum absolute atomic E-state index is 12.6. The van der Waals surface area contributed by atoms with Crippen molar-refractivity contribution in [3.63, 3.8) is 0 Å². The minimum absolute atomic E-state index is 0.102. The van der Waals surface area contributed by atoms with Gasteiger partial charge in [-0.3, -0.25) is 14.8 Å². The Morgan fingerprint density at radius 3 is 2.23 bits per heavy atom. The van der Waals surface area contributed by atoms with Crippen LogP contribution in [0, 0.1) is 0 Å². The molecule has 0 bridgehead atoms. The molecule has 0 aliphatic rings. The normalized spacial score (nSPS) is 11.5. The van der Waals surface area contributed by atoms with Crippen molar-refractivity contribution in [2.75, 3.05) is 0 Å². The molecule has 0 saturated heterocycles. The molecule has 2 heterocycles. The molecule has 3 N–H and O–H groups in total. The van der Waals surface area contributed by atoms with Crippen LogP contribution in [-0.2, 0) is 9.84 Å². The molecular weight excluding hydrogens is 306 g/mol. The molecule has 2 aromatic heterocycles. The van der Waals surface area contributed by atoms with Gasteiger partial charge in [0.05, 0.1) is 5.56 Å². The maximum atomic E-state index is 12.6. The van der Waals surface area contributed by atoms with Gasteiger partial charge in [0, 0.05) is 6.20 Å². The Morgan fingerprint density at radius 2 is 1.59 bits per heavy atom. The van der Waals surface area contributed by atoms with Crippen LogP contribution in [0.25, 0.3) is 11.1 Å². The van der Waals surface area contributed by atoms with Crippen LogP contribution in [0.5, 0.6) is 0 Å². The van der Waals surface area contributed by atoms with Crippen molar-refractivity contribution in [2.24, 2.45) is 0 Å². The van der Waals surface area contributed by atoms with Crippen molar-refractivity contribution in [2.45, 2.75) is 10.1 Å². The van der Waals surface area contributed by atoms with Crippen LogP contribution in [0.15, 0.2) is 68.3 Å². The summed E-state index contributed by atoms with van der Waals surface area (Å²) in [4.78, 5) is 30.5. The predicted molar refractivity (Wildman–Crippen MR) is 79.4 cm³/mol. The highest BCUT2D eigenvalue weighted by atomic mass is 32.2. The van der Waals surface area contributed by atoms with E-state index in [1.165, 1.54) is 18.3 Å². The number of benzene rings is 1. The summed E-state index contributed by atoms with van der Waals surface area (Å²) in [6.07, 6.45) is 1.44. The Kier molecular flexibility index (Phi) is 3.30. The van der Waals surface area contributed by atoms with E-state index in [4.69, 9.17) is 0 Å². The van der Waals surface area contributed by atoms with E-state index in [-0.39, 0.29) is 10.6 Å². The summed E-state index contributed by atoms with van der Waals surface area (Å²) in [6.45, 7) is 0. The number of rotatable bonds is 3. The lowest BCUT2D eigenvalue weighted by Gasteiger charge is -2.08. The molecular formula is C14H11N3O4S. The fourth-order valence-electron chi connectivity index (χ4n) is 2.13. The fourth-order valence-corrected chi connectivity index (χ4v) is 3.53. The van der Waals surface area contributed by atoms with Gasteiger partial charge in [0.25, 0.3) is 5.56 Å². The first-order valence-corrected chi connectivity index (χ1v) is 7.79. The summed E-state index contributed by atoms with van der Waals surface area (Å²) >= 11 is 0. The molecule has 112 valence electrons. The van der Waals surface area contributed by atoms with Gasteiger partial charge in [-0.05, 0) is 17.7 Å². The van der Waals surface area contributed by atoms with Gasteiger partial charge in [-0.2, -0.15) is 0 Å². The second-order valence-electron chi connectivity index (χ2n) is 4.52. The second-order valence-corrected chi connectivity index (χ2v) is 6.37. The van der Waals surface area contributed by atoms with Gasteiger partial charge in [-0.25, -0.2) is 13.2 Å². The number of aromatic amines is 3.